The van der Waals surface area contributed by atoms with E-state index in [9.17, 15) is 0 Å². The Balaban J connectivity index is 2.19. The van der Waals surface area contributed by atoms with E-state index in [4.69, 9.17) is 9.84 Å². The Bertz CT molecular complexity index is 79.1. The van der Waals surface area contributed by atoms with Crippen molar-refractivity contribution in [2.24, 2.45) is 11.8 Å². The van der Waals surface area contributed by atoms with Gasteiger partial charge in [0.15, 0.2) is 0 Å². The smallest absolute Gasteiger partial charge is 0.0520 e. The molecule has 1 N–H and O–H groups in total. The molecule has 0 aliphatic carbocycles. The molecule has 0 spiro atoms. The molecule has 54 valence electrons. The lowest BCUT2D eigenvalue weighted by Gasteiger charge is -2.31. The molecule has 9 heavy (non-hydrogen) atoms. The second-order valence-electron chi connectivity index (χ2n) is 2.39. The van der Waals surface area contributed by atoms with Crippen molar-refractivity contribution in [3.05, 3.63) is 0 Å². The second-order valence-corrected chi connectivity index (χ2v) is 3.04. The Morgan fingerprint density at radius 3 is 2.44 bits per heavy atom. The zero-order valence-electron chi connectivity index (χ0n) is 5.22. The van der Waals surface area contributed by atoms with Gasteiger partial charge in [0.05, 0.1) is 13.2 Å². The Kier molecular flexibility index (Phi) is 2.95. The summed E-state index contributed by atoms with van der Waals surface area (Å²) < 4.78 is 4.99. The predicted molar refractivity (Wildman–Crippen MR) is 38.7 cm³/mol. The fourth-order valence-corrected chi connectivity index (χ4v) is 1.58. The average molecular weight is 195 g/mol. The fourth-order valence-electron chi connectivity index (χ4n) is 0.850. The van der Waals surface area contributed by atoms with E-state index in [0.717, 1.165) is 18.5 Å². The third-order valence-corrected chi connectivity index (χ3v) is 2.59. The van der Waals surface area contributed by atoms with Crippen molar-refractivity contribution in [1.82, 2.24) is 0 Å². The number of alkyl halides is 1. The molecule has 0 aromatic rings. The lowest BCUT2D eigenvalue weighted by molar-refractivity contribution is -0.0650. The highest BCUT2D eigenvalue weighted by atomic mass is 79.9. The van der Waals surface area contributed by atoms with Crippen molar-refractivity contribution in [3.8, 4) is 0 Å². The molecular formula is C6H11BrO2. The SMILES string of the molecule is OCC(CBr)C1COC1. The summed E-state index contributed by atoms with van der Waals surface area (Å²) in [6.45, 7) is 1.94. The first-order valence-corrected chi connectivity index (χ1v) is 4.25. The number of rotatable bonds is 3. The Hall–Kier alpha value is 0.400. The van der Waals surface area contributed by atoms with Crippen LogP contribution in [0.3, 0.4) is 0 Å². The minimum Gasteiger partial charge on any atom is -0.396 e. The Labute approximate surface area is 63.3 Å². The largest absolute Gasteiger partial charge is 0.396 e. The summed E-state index contributed by atoms with van der Waals surface area (Å²) in [4.78, 5) is 0. The van der Waals surface area contributed by atoms with Crippen molar-refractivity contribution in [1.29, 1.82) is 0 Å². The average Bonchev–Trinajstić information content (AvgIpc) is 1.78. The quantitative estimate of drug-likeness (QED) is 0.669. The van der Waals surface area contributed by atoms with E-state index in [1.165, 1.54) is 0 Å². The molecule has 0 bridgehead atoms. The number of aliphatic hydroxyl groups is 1. The molecule has 1 atom stereocenters. The van der Waals surface area contributed by atoms with E-state index in [-0.39, 0.29) is 6.61 Å². The standard InChI is InChI=1S/C6H11BrO2/c7-1-5(2-8)6-3-9-4-6/h5-6,8H,1-4H2. The third kappa shape index (κ3) is 1.66. The highest BCUT2D eigenvalue weighted by Gasteiger charge is 2.26. The summed E-state index contributed by atoms with van der Waals surface area (Å²) in [5.41, 5.74) is 0. The van der Waals surface area contributed by atoms with Crippen LogP contribution in [-0.4, -0.2) is 30.3 Å². The molecule has 1 fully saturated rings. The van der Waals surface area contributed by atoms with Crippen molar-refractivity contribution in [2.45, 2.75) is 0 Å². The second kappa shape index (κ2) is 3.54. The van der Waals surface area contributed by atoms with Crippen LogP contribution < -0.4 is 0 Å². The van der Waals surface area contributed by atoms with Crippen molar-refractivity contribution in [3.63, 3.8) is 0 Å². The topological polar surface area (TPSA) is 29.5 Å². The van der Waals surface area contributed by atoms with E-state index >= 15 is 0 Å². The maximum absolute atomic E-state index is 8.78. The lowest BCUT2D eigenvalue weighted by atomic mass is 9.93. The van der Waals surface area contributed by atoms with Crippen molar-refractivity contribution < 1.29 is 9.84 Å². The summed E-state index contributed by atoms with van der Waals surface area (Å²) in [5.74, 6) is 0.994. The number of hydrogen-bond donors (Lipinski definition) is 1. The van der Waals surface area contributed by atoms with Crippen LogP contribution in [0.2, 0.25) is 0 Å². The van der Waals surface area contributed by atoms with Crippen LogP contribution in [0.4, 0.5) is 0 Å². The van der Waals surface area contributed by atoms with Gasteiger partial charge >= 0.3 is 0 Å². The zero-order chi connectivity index (χ0) is 6.69. The predicted octanol–water partition coefficient (Wildman–Crippen LogP) is 0.636. The zero-order valence-corrected chi connectivity index (χ0v) is 6.80. The molecule has 0 amide bonds. The van der Waals surface area contributed by atoms with Gasteiger partial charge in [-0.1, -0.05) is 15.9 Å². The van der Waals surface area contributed by atoms with Crippen molar-refractivity contribution >= 4 is 15.9 Å². The first-order chi connectivity index (χ1) is 4.38. The third-order valence-electron chi connectivity index (χ3n) is 1.76. The van der Waals surface area contributed by atoms with Gasteiger partial charge in [-0.3, -0.25) is 0 Å². The number of aliphatic hydroxyl groups excluding tert-OH is 1. The summed E-state index contributed by atoms with van der Waals surface area (Å²) >= 11 is 3.34. The van der Waals surface area contributed by atoms with E-state index in [1.54, 1.807) is 0 Å². The molecular weight excluding hydrogens is 184 g/mol. The van der Waals surface area contributed by atoms with Gasteiger partial charge in [-0.25, -0.2) is 0 Å². The van der Waals surface area contributed by atoms with Crippen LogP contribution in [0.5, 0.6) is 0 Å². The van der Waals surface area contributed by atoms with Gasteiger partial charge < -0.3 is 9.84 Å². The molecule has 1 aliphatic rings. The normalized spacial score (nSPS) is 23.3. The maximum Gasteiger partial charge on any atom is 0.0520 e. The molecule has 3 heteroatoms. The van der Waals surface area contributed by atoms with Crippen LogP contribution in [0, 0.1) is 11.8 Å². The minimum absolute atomic E-state index is 0.277. The van der Waals surface area contributed by atoms with Gasteiger partial charge in [0.1, 0.15) is 0 Å². The van der Waals surface area contributed by atoms with Crippen LogP contribution in [0.25, 0.3) is 0 Å². The summed E-state index contributed by atoms with van der Waals surface area (Å²) in [5, 5.41) is 9.66. The van der Waals surface area contributed by atoms with Gasteiger partial charge in [0.25, 0.3) is 0 Å². The Morgan fingerprint density at radius 2 is 2.33 bits per heavy atom. The number of hydrogen-bond acceptors (Lipinski definition) is 2. The first-order valence-electron chi connectivity index (χ1n) is 3.13. The van der Waals surface area contributed by atoms with E-state index in [0.29, 0.717) is 11.8 Å². The number of ether oxygens (including phenoxy) is 1. The molecule has 0 saturated carbocycles. The molecule has 0 aromatic heterocycles. The molecule has 0 radical (unpaired) electrons. The molecule has 1 aliphatic heterocycles. The van der Waals surface area contributed by atoms with Crippen molar-refractivity contribution in [2.75, 3.05) is 25.2 Å². The maximum atomic E-state index is 8.78. The monoisotopic (exact) mass is 194 g/mol. The molecule has 1 heterocycles. The van der Waals surface area contributed by atoms with Gasteiger partial charge in [-0.05, 0) is 5.92 Å². The Morgan fingerprint density at radius 1 is 1.67 bits per heavy atom. The first kappa shape index (κ1) is 7.51. The molecule has 2 nitrogen and oxygen atoms in total. The van der Waals surface area contributed by atoms with Crippen LogP contribution in [-0.2, 0) is 4.74 Å². The lowest BCUT2D eigenvalue weighted by Crippen LogP contribution is -2.36. The van der Waals surface area contributed by atoms with E-state index in [2.05, 4.69) is 15.9 Å². The highest BCUT2D eigenvalue weighted by Crippen LogP contribution is 2.21. The van der Waals surface area contributed by atoms with Crippen LogP contribution >= 0.6 is 15.9 Å². The molecule has 1 unspecified atom stereocenters. The minimum atomic E-state index is 0.277. The van der Waals surface area contributed by atoms with Crippen LogP contribution in [0.1, 0.15) is 0 Å². The van der Waals surface area contributed by atoms with Gasteiger partial charge in [-0.15, -0.1) is 0 Å². The molecule has 1 saturated heterocycles. The van der Waals surface area contributed by atoms with E-state index < -0.39 is 0 Å². The van der Waals surface area contributed by atoms with Gasteiger partial charge in [0, 0.05) is 17.9 Å². The van der Waals surface area contributed by atoms with E-state index in [1.807, 2.05) is 0 Å². The molecule has 1 rings (SSSR count). The fraction of sp³-hybridized carbons (Fsp3) is 1.00. The summed E-state index contributed by atoms with van der Waals surface area (Å²) in [7, 11) is 0. The number of halogens is 1. The molecule has 0 aromatic carbocycles. The summed E-state index contributed by atoms with van der Waals surface area (Å²) in [6.07, 6.45) is 0. The van der Waals surface area contributed by atoms with Crippen LogP contribution in [0.15, 0.2) is 0 Å². The van der Waals surface area contributed by atoms with Gasteiger partial charge in [-0.2, -0.15) is 0 Å². The highest BCUT2D eigenvalue weighted by molar-refractivity contribution is 9.09. The van der Waals surface area contributed by atoms with Gasteiger partial charge in [0.2, 0.25) is 0 Å². The summed E-state index contributed by atoms with van der Waals surface area (Å²) in [6, 6.07) is 0.